The van der Waals surface area contributed by atoms with Crippen LogP contribution in [0, 0.1) is 0 Å². The SMILES string of the molecule is CN(C[C@]1(O)CCN(Cc2ccccc2)C1)C(=O)c1cn(C)cn1. The molecule has 2 aromatic rings. The van der Waals surface area contributed by atoms with Crippen LogP contribution in [-0.2, 0) is 13.6 Å². The summed E-state index contributed by atoms with van der Waals surface area (Å²) in [6.45, 7) is 2.54. The molecular formula is C18H24N4O2. The predicted octanol–water partition coefficient (Wildman–Crippen LogP) is 1.13. The van der Waals surface area contributed by atoms with E-state index >= 15 is 0 Å². The highest BCUT2D eigenvalue weighted by Gasteiger charge is 2.38. The lowest BCUT2D eigenvalue weighted by Gasteiger charge is -2.28. The van der Waals surface area contributed by atoms with Crippen LogP contribution in [0.2, 0.25) is 0 Å². The second-order valence-electron chi connectivity index (χ2n) is 6.76. The van der Waals surface area contributed by atoms with Crippen LogP contribution in [0.4, 0.5) is 0 Å². The van der Waals surface area contributed by atoms with Gasteiger partial charge in [-0.3, -0.25) is 9.69 Å². The molecule has 1 aliphatic heterocycles. The maximum atomic E-state index is 12.4. The molecule has 3 rings (SSSR count). The maximum Gasteiger partial charge on any atom is 0.273 e. The molecule has 0 radical (unpaired) electrons. The van der Waals surface area contributed by atoms with E-state index in [1.54, 1.807) is 29.0 Å². The van der Waals surface area contributed by atoms with Crippen molar-refractivity contribution in [3.63, 3.8) is 0 Å². The third kappa shape index (κ3) is 3.83. The fourth-order valence-electron chi connectivity index (χ4n) is 3.28. The summed E-state index contributed by atoms with van der Waals surface area (Å²) < 4.78 is 1.74. The van der Waals surface area contributed by atoms with Crippen LogP contribution in [0.15, 0.2) is 42.9 Å². The summed E-state index contributed by atoms with van der Waals surface area (Å²) in [5, 5.41) is 10.8. The van der Waals surface area contributed by atoms with Gasteiger partial charge in [0.2, 0.25) is 0 Å². The number of likely N-dealkylation sites (N-methyl/N-ethyl adjacent to an activating group) is 1. The Morgan fingerprint density at radius 3 is 2.79 bits per heavy atom. The lowest BCUT2D eigenvalue weighted by atomic mass is 10.0. The Hall–Kier alpha value is -2.18. The first kappa shape index (κ1) is 16.7. The van der Waals surface area contributed by atoms with Crippen LogP contribution in [-0.4, -0.2) is 62.6 Å². The van der Waals surface area contributed by atoms with Crippen molar-refractivity contribution in [2.75, 3.05) is 26.7 Å². The summed E-state index contributed by atoms with van der Waals surface area (Å²) >= 11 is 0. The molecule has 1 saturated heterocycles. The van der Waals surface area contributed by atoms with Crippen molar-refractivity contribution in [2.24, 2.45) is 7.05 Å². The molecule has 6 nitrogen and oxygen atoms in total. The topological polar surface area (TPSA) is 61.6 Å². The molecule has 0 spiro atoms. The van der Waals surface area contributed by atoms with Gasteiger partial charge < -0.3 is 14.6 Å². The monoisotopic (exact) mass is 328 g/mol. The quantitative estimate of drug-likeness (QED) is 0.894. The van der Waals surface area contributed by atoms with Crippen LogP contribution >= 0.6 is 0 Å². The fraction of sp³-hybridized carbons (Fsp3) is 0.444. The Kier molecular flexibility index (Phi) is 4.69. The largest absolute Gasteiger partial charge is 0.387 e. The van der Waals surface area contributed by atoms with Crippen molar-refractivity contribution < 1.29 is 9.90 Å². The number of aliphatic hydroxyl groups is 1. The van der Waals surface area contributed by atoms with Crippen molar-refractivity contribution in [2.45, 2.75) is 18.6 Å². The van der Waals surface area contributed by atoms with Gasteiger partial charge in [0.15, 0.2) is 0 Å². The molecule has 1 amide bonds. The van der Waals surface area contributed by atoms with Crippen molar-refractivity contribution in [3.8, 4) is 0 Å². The predicted molar refractivity (Wildman–Crippen MR) is 91.5 cm³/mol. The van der Waals surface area contributed by atoms with Crippen LogP contribution in [0.3, 0.4) is 0 Å². The number of aromatic nitrogens is 2. The minimum atomic E-state index is -0.867. The third-order valence-electron chi connectivity index (χ3n) is 4.46. The number of benzene rings is 1. The Morgan fingerprint density at radius 1 is 1.38 bits per heavy atom. The van der Waals surface area contributed by atoms with E-state index in [-0.39, 0.29) is 5.91 Å². The Bertz CT molecular complexity index is 700. The number of rotatable bonds is 5. The summed E-state index contributed by atoms with van der Waals surface area (Å²) in [4.78, 5) is 20.3. The van der Waals surface area contributed by atoms with Gasteiger partial charge in [-0.1, -0.05) is 30.3 Å². The number of carbonyl (C=O) groups excluding carboxylic acids is 1. The molecule has 1 fully saturated rings. The van der Waals surface area contributed by atoms with E-state index in [2.05, 4.69) is 22.0 Å². The lowest BCUT2D eigenvalue weighted by Crippen LogP contribution is -2.45. The molecule has 1 N–H and O–H groups in total. The molecule has 0 bridgehead atoms. The number of imidazole rings is 1. The normalized spacial score (nSPS) is 21.1. The second kappa shape index (κ2) is 6.75. The highest BCUT2D eigenvalue weighted by molar-refractivity contribution is 5.91. The van der Waals surface area contributed by atoms with E-state index in [1.807, 2.05) is 25.2 Å². The van der Waals surface area contributed by atoms with Gasteiger partial charge in [0.25, 0.3) is 5.91 Å². The number of hydrogen-bond acceptors (Lipinski definition) is 4. The Morgan fingerprint density at radius 2 is 2.12 bits per heavy atom. The third-order valence-corrected chi connectivity index (χ3v) is 4.46. The highest BCUT2D eigenvalue weighted by Crippen LogP contribution is 2.24. The molecule has 1 aliphatic rings. The van der Waals surface area contributed by atoms with Crippen LogP contribution in [0.25, 0.3) is 0 Å². The number of likely N-dealkylation sites (tertiary alicyclic amines) is 1. The maximum absolute atomic E-state index is 12.4. The first-order valence-electron chi connectivity index (χ1n) is 8.17. The summed E-state index contributed by atoms with van der Waals surface area (Å²) in [6.07, 6.45) is 3.96. The van der Waals surface area contributed by atoms with Gasteiger partial charge in [-0.2, -0.15) is 0 Å². The number of hydrogen-bond donors (Lipinski definition) is 1. The van der Waals surface area contributed by atoms with Crippen molar-refractivity contribution in [3.05, 3.63) is 54.1 Å². The number of β-amino-alcohol motifs (C(OH)–C–C–N with tert-alkyl or cyclic N) is 1. The summed E-state index contributed by atoms with van der Waals surface area (Å²) in [6, 6.07) is 10.2. The van der Waals surface area contributed by atoms with Gasteiger partial charge in [0.1, 0.15) is 5.69 Å². The zero-order chi connectivity index (χ0) is 17.2. The van der Waals surface area contributed by atoms with E-state index in [1.165, 1.54) is 5.56 Å². The average Bonchev–Trinajstić information content (AvgIpc) is 3.14. The molecule has 6 heteroatoms. The average molecular weight is 328 g/mol. The second-order valence-corrected chi connectivity index (χ2v) is 6.76. The number of carbonyl (C=O) groups is 1. The molecule has 24 heavy (non-hydrogen) atoms. The Balaban J connectivity index is 1.57. The number of nitrogens with zero attached hydrogens (tertiary/aromatic N) is 4. The molecule has 2 heterocycles. The molecule has 1 aromatic carbocycles. The van der Waals surface area contributed by atoms with E-state index in [0.29, 0.717) is 25.2 Å². The van der Waals surface area contributed by atoms with Gasteiger partial charge in [0, 0.05) is 39.9 Å². The molecule has 1 atom stereocenters. The molecule has 0 aliphatic carbocycles. The molecule has 128 valence electrons. The highest BCUT2D eigenvalue weighted by atomic mass is 16.3. The summed E-state index contributed by atoms with van der Waals surface area (Å²) in [5.74, 6) is -0.162. The zero-order valence-electron chi connectivity index (χ0n) is 14.2. The van der Waals surface area contributed by atoms with E-state index < -0.39 is 5.60 Å². The van der Waals surface area contributed by atoms with E-state index in [4.69, 9.17) is 0 Å². The molecular weight excluding hydrogens is 304 g/mol. The number of aryl methyl sites for hydroxylation is 1. The first-order chi connectivity index (χ1) is 11.5. The number of amides is 1. The zero-order valence-corrected chi connectivity index (χ0v) is 14.2. The van der Waals surface area contributed by atoms with Gasteiger partial charge in [-0.05, 0) is 12.0 Å². The van der Waals surface area contributed by atoms with E-state index in [9.17, 15) is 9.90 Å². The van der Waals surface area contributed by atoms with Crippen LogP contribution < -0.4 is 0 Å². The lowest BCUT2D eigenvalue weighted by molar-refractivity contribution is 0.0168. The minimum Gasteiger partial charge on any atom is -0.387 e. The van der Waals surface area contributed by atoms with Gasteiger partial charge in [-0.15, -0.1) is 0 Å². The standard InChI is InChI=1S/C18H24N4O2/c1-20-11-16(19-14-20)17(23)21(2)12-18(24)8-9-22(13-18)10-15-6-4-3-5-7-15/h3-7,11,14,24H,8-10,12-13H2,1-2H3/t18-/m1/s1. The fourth-order valence-corrected chi connectivity index (χ4v) is 3.28. The van der Waals surface area contributed by atoms with Gasteiger partial charge >= 0.3 is 0 Å². The summed E-state index contributed by atoms with van der Waals surface area (Å²) in [5.41, 5.74) is 0.774. The minimum absolute atomic E-state index is 0.162. The van der Waals surface area contributed by atoms with Gasteiger partial charge in [0.05, 0.1) is 18.5 Å². The van der Waals surface area contributed by atoms with Gasteiger partial charge in [-0.25, -0.2) is 4.98 Å². The van der Waals surface area contributed by atoms with Crippen molar-refractivity contribution in [1.82, 2.24) is 19.4 Å². The molecule has 1 aromatic heterocycles. The van der Waals surface area contributed by atoms with E-state index in [0.717, 1.165) is 13.1 Å². The van der Waals surface area contributed by atoms with Crippen LogP contribution in [0.5, 0.6) is 0 Å². The molecule has 0 unspecified atom stereocenters. The first-order valence-corrected chi connectivity index (χ1v) is 8.17. The van der Waals surface area contributed by atoms with Crippen molar-refractivity contribution >= 4 is 5.91 Å². The Labute approximate surface area is 142 Å². The van der Waals surface area contributed by atoms with Crippen molar-refractivity contribution in [1.29, 1.82) is 0 Å². The molecule has 0 saturated carbocycles. The smallest absolute Gasteiger partial charge is 0.273 e. The van der Waals surface area contributed by atoms with Crippen LogP contribution in [0.1, 0.15) is 22.5 Å². The summed E-state index contributed by atoms with van der Waals surface area (Å²) in [7, 11) is 3.55.